The minimum Gasteiger partial charge on any atom is -0.503 e. The molecule has 0 bridgehead atoms. The molecule has 196 valence electrons. The minimum atomic E-state index is -0.612. The number of carbonyl (C=O) groups is 2. The Hall–Kier alpha value is -3.13. The molecule has 3 atom stereocenters. The van der Waals surface area contributed by atoms with Crippen LogP contribution in [0.3, 0.4) is 0 Å². The zero-order valence-corrected chi connectivity index (χ0v) is 23.3. The molecule has 1 saturated carbocycles. The second kappa shape index (κ2) is 11.1. The van der Waals surface area contributed by atoms with Gasteiger partial charge in [-0.05, 0) is 91.4 Å². The number of Topliss-reactive ketones (excluding diaryl/α,β-unsaturated/α-hetero) is 1. The van der Waals surface area contributed by atoms with E-state index in [1.807, 2.05) is 31.2 Å². The number of hydrogen-bond donors (Lipinski definition) is 1. The Morgan fingerprint density at radius 2 is 1.84 bits per heavy atom. The first-order chi connectivity index (χ1) is 17.6. The Morgan fingerprint density at radius 1 is 1.14 bits per heavy atom. The number of methoxy groups -OCH3 is 1. The van der Waals surface area contributed by atoms with Gasteiger partial charge in [-0.15, -0.1) is 0 Å². The number of rotatable bonds is 7. The molecule has 0 radical (unpaired) electrons. The molecule has 0 aromatic heterocycles. The van der Waals surface area contributed by atoms with Crippen molar-refractivity contribution in [1.29, 1.82) is 0 Å². The lowest BCUT2D eigenvalue weighted by Gasteiger charge is -2.38. The predicted molar refractivity (Wildman–Crippen MR) is 145 cm³/mol. The normalized spacial score (nSPS) is 21.4. The molecule has 8 heteroatoms. The molecule has 7 nitrogen and oxygen atoms in total. The van der Waals surface area contributed by atoms with Gasteiger partial charge in [-0.2, -0.15) is 0 Å². The standard InChI is InChI=1S/C29H32BrNO6/c1-6-36-24-14-19(11-21(30)28(24)33)26-25(29(34)37-15(2)3)16(4)31-22-12-18(13-23(32)27(22)26)17-7-9-20(35-5)10-8-17/h7-11,14-15,18,26-27,33H,6,12-13H2,1-5H3/t18-,26+,27?/m0/s1. The Bertz CT molecular complexity index is 1260. The molecule has 2 aromatic carbocycles. The Balaban J connectivity index is 1.81. The van der Waals surface area contributed by atoms with Gasteiger partial charge >= 0.3 is 5.97 Å². The lowest BCUT2D eigenvalue weighted by atomic mass is 9.66. The van der Waals surface area contributed by atoms with Crippen LogP contribution in [-0.4, -0.2) is 42.4 Å². The van der Waals surface area contributed by atoms with Gasteiger partial charge in [0.2, 0.25) is 0 Å². The molecule has 2 aliphatic rings. The summed E-state index contributed by atoms with van der Waals surface area (Å²) in [6.45, 7) is 7.54. The summed E-state index contributed by atoms with van der Waals surface area (Å²) in [6, 6.07) is 11.2. The summed E-state index contributed by atoms with van der Waals surface area (Å²) in [5.74, 6) is -0.710. The number of aliphatic imine (C=N–C) groups is 1. The smallest absolute Gasteiger partial charge is 0.336 e. The summed E-state index contributed by atoms with van der Waals surface area (Å²) in [7, 11) is 1.62. The van der Waals surface area contributed by atoms with E-state index in [-0.39, 0.29) is 29.3 Å². The van der Waals surface area contributed by atoms with Crippen LogP contribution in [0.1, 0.15) is 63.5 Å². The predicted octanol–water partition coefficient (Wildman–Crippen LogP) is 6.09. The van der Waals surface area contributed by atoms with Gasteiger partial charge in [0.25, 0.3) is 0 Å². The van der Waals surface area contributed by atoms with Crippen LogP contribution in [-0.2, 0) is 14.3 Å². The second-order valence-electron chi connectivity index (χ2n) is 9.64. The van der Waals surface area contributed by atoms with E-state index in [4.69, 9.17) is 19.2 Å². The average molecular weight is 570 g/mol. The number of hydrogen-bond acceptors (Lipinski definition) is 7. The van der Waals surface area contributed by atoms with Crippen molar-refractivity contribution in [3.63, 3.8) is 0 Å². The SMILES string of the molecule is CCOc1cc([C@@H]2C(C(=O)OC(C)C)=C(C)N=C3C[C@H](c4ccc(OC)cc4)CC(=O)C32)cc(Br)c1O. The van der Waals surface area contributed by atoms with Crippen LogP contribution < -0.4 is 9.47 Å². The van der Waals surface area contributed by atoms with Crippen molar-refractivity contribution < 1.29 is 28.9 Å². The number of halogens is 1. The van der Waals surface area contributed by atoms with Crippen molar-refractivity contribution in [3.05, 3.63) is 63.3 Å². The summed E-state index contributed by atoms with van der Waals surface area (Å²) in [5.41, 5.74) is 3.37. The van der Waals surface area contributed by atoms with E-state index in [0.29, 0.717) is 40.8 Å². The summed E-state index contributed by atoms with van der Waals surface area (Å²) in [6.07, 6.45) is 0.599. The Labute approximate surface area is 225 Å². The highest BCUT2D eigenvalue weighted by Crippen LogP contribution is 2.48. The van der Waals surface area contributed by atoms with Gasteiger partial charge in [0, 0.05) is 23.7 Å². The van der Waals surface area contributed by atoms with Crippen LogP contribution in [0.2, 0.25) is 0 Å². The van der Waals surface area contributed by atoms with Crippen LogP contribution >= 0.6 is 15.9 Å². The van der Waals surface area contributed by atoms with E-state index in [1.54, 1.807) is 40.0 Å². The molecular formula is C29H32BrNO6. The number of aromatic hydroxyl groups is 1. The van der Waals surface area contributed by atoms with E-state index in [2.05, 4.69) is 15.9 Å². The maximum Gasteiger partial charge on any atom is 0.336 e. The Kier molecular flexibility index (Phi) is 8.07. The van der Waals surface area contributed by atoms with Gasteiger partial charge in [0.15, 0.2) is 11.5 Å². The zero-order valence-electron chi connectivity index (χ0n) is 21.7. The zero-order chi connectivity index (χ0) is 26.9. The number of ketones is 1. The molecular weight excluding hydrogens is 538 g/mol. The minimum absolute atomic E-state index is 0.0142. The monoisotopic (exact) mass is 569 g/mol. The molecule has 1 aliphatic heterocycles. The fraction of sp³-hybridized carbons (Fsp3) is 0.414. The van der Waals surface area contributed by atoms with Crippen LogP contribution in [0.25, 0.3) is 0 Å². The highest BCUT2D eigenvalue weighted by atomic mass is 79.9. The fourth-order valence-electron chi connectivity index (χ4n) is 5.23. The molecule has 1 heterocycles. The summed E-state index contributed by atoms with van der Waals surface area (Å²) < 4.78 is 16.9. The number of carbonyl (C=O) groups excluding carboxylic acids is 2. The van der Waals surface area contributed by atoms with Crippen molar-refractivity contribution in [2.24, 2.45) is 10.9 Å². The van der Waals surface area contributed by atoms with Gasteiger partial charge < -0.3 is 19.3 Å². The molecule has 1 N–H and O–H groups in total. The van der Waals surface area contributed by atoms with Crippen molar-refractivity contribution in [2.45, 2.75) is 58.5 Å². The fourth-order valence-corrected chi connectivity index (χ4v) is 5.69. The van der Waals surface area contributed by atoms with Crippen molar-refractivity contribution in [2.75, 3.05) is 13.7 Å². The van der Waals surface area contributed by atoms with Gasteiger partial charge in [0.1, 0.15) is 11.5 Å². The maximum absolute atomic E-state index is 13.8. The highest BCUT2D eigenvalue weighted by molar-refractivity contribution is 9.10. The third kappa shape index (κ3) is 5.44. The quantitative estimate of drug-likeness (QED) is 0.405. The molecule has 0 amide bonds. The lowest BCUT2D eigenvalue weighted by Crippen LogP contribution is -2.41. The van der Waals surface area contributed by atoms with E-state index < -0.39 is 17.8 Å². The van der Waals surface area contributed by atoms with Crippen LogP contribution in [0.5, 0.6) is 17.2 Å². The molecule has 1 unspecified atom stereocenters. The third-order valence-electron chi connectivity index (χ3n) is 6.81. The van der Waals surface area contributed by atoms with E-state index in [1.165, 1.54) is 0 Å². The molecule has 37 heavy (non-hydrogen) atoms. The number of esters is 1. The van der Waals surface area contributed by atoms with E-state index in [0.717, 1.165) is 17.0 Å². The number of nitrogens with zero attached hydrogens (tertiary/aromatic N) is 1. The van der Waals surface area contributed by atoms with E-state index in [9.17, 15) is 14.7 Å². The van der Waals surface area contributed by atoms with Crippen molar-refractivity contribution in [3.8, 4) is 17.2 Å². The van der Waals surface area contributed by atoms with Crippen LogP contribution in [0.4, 0.5) is 0 Å². The second-order valence-corrected chi connectivity index (χ2v) is 10.5. The van der Waals surface area contributed by atoms with E-state index >= 15 is 0 Å². The van der Waals surface area contributed by atoms with Crippen molar-refractivity contribution >= 4 is 33.4 Å². The van der Waals surface area contributed by atoms with Gasteiger partial charge in [-0.25, -0.2) is 4.79 Å². The number of allylic oxidation sites excluding steroid dienone is 1. The van der Waals surface area contributed by atoms with Gasteiger partial charge in [-0.3, -0.25) is 9.79 Å². The van der Waals surface area contributed by atoms with Gasteiger partial charge in [-0.1, -0.05) is 12.1 Å². The van der Waals surface area contributed by atoms with Gasteiger partial charge in [0.05, 0.1) is 35.8 Å². The van der Waals surface area contributed by atoms with Crippen LogP contribution in [0, 0.1) is 5.92 Å². The number of ether oxygens (including phenoxy) is 3. The maximum atomic E-state index is 13.8. The number of fused-ring (bicyclic) bond motifs is 1. The number of phenols is 1. The number of phenolic OH excluding ortho intramolecular Hbond substituents is 1. The lowest BCUT2D eigenvalue weighted by molar-refractivity contribution is -0.143. The first-order valence-electron chi connectivity index (χ1n) is 12.5. The summed E-state index contributed by atoms with van der Waals surface area (Å²) in [4.78, 5) is 31.9. The topological polar surface area (TPSA) is 94.4 Å². The number of benzene rings is 2. The van der Waals surface area contributed by atoms with Crippen molar-refractivity contribution in [1.82, 2.24) is 0 Å². The first kappa shape index (κ1) is 26.9. The van der Waals surface area contributed by atoms with Crippen LogP contribution in [0.15, 0.2) is 57.1 Å². The third-order valence-corrected chi connectivity index (χ3v) is 7.42. The molecule has 4 rings (SSSR count). The average Bonchev–Trinajstić information content (AvgIpc) is 2.85. The largest absolute Gasteiger partial charge is 0.503 e. The molecule has 1 fully saturated rings. The summed E-state index contributed by atoms with van der Waals surface area (Å²) in [5, 5.41) is 10.5. The Morgan fingerprint density at radius 3 is 2.46 bits per heavy atom. The first-order valence-corrected chi connectivity index (χ1v) is 13.2. The molecule has 0 saturated heterocycles. The summed E-state index contributed by atoms with van der Waals surface area (Å²) >= 11 is 3.41. The molecule has 0 spiro atoms. The molecule has 2 aromatic rings. The highest BCUT2D eigenvalue weighted by Gasteiger charge is 2.46. The molecule has 1 aliphatic carbocycles.